The molecule has 2 fully saturated rings. The standard InChI is InChI=1S/C21H36NO7P/c1-4-6-7-10-26-13-18-14-27-20(19(5-2)29-18)11-16(3)17-8-9-21(22,12-17)15-28-30(23,24)25/h5,11,17-18H,3-4,6-10,12-15,22H2,1-2H3,(H2,23,24,25)/b19-5+,20-11+/t17-,18+,21+/m0/s1. The molecule has 0 aromatic carbocycles. The van der Waals surface area contributed by atoms with Crippen LogP contribution in [0.3, 0.4) is 0 Å². The first-order valence-corrected chi connectivity index (χ1v) is 12.1. The summed E-state index contributed by atoms with van der Waals surface area (Å²) in [5, 5.41) is 0. The number of phosphoric ester groups is 1. The van der Waals surface area contributed by atoms with Gasteiger partial charge in [-0.15, -0.1) is 0 Å². The van der Waals surface area contributed by atoms with Crippen LogP contribution in [0.5, 0.6) is 0 Å². The van der Waals surface area contributed by atoms with E-state index in [1.165, 1.54) is 0 Å². The van der Waals surface area contributed by atoms with Crippen molar-refractivity contribution < 1.29 is 33.1 Å². The van der Waals surface area contributed by atoms with E-state index < -0.39 is 13.4 Å². The van der Waals surface area contributed by atoms with Crippen LogP contribution in [0.4, 0.5) is 0 Å². The number of rotatable bonds is 11. The molecule has 30 heavy (non-hydrogen) atoms. The van der Waals surface area contributed by atoms with Gasteiger partial charge in [0.25, 0.3) is 0 Å². The molecule has 172 valence electrons. The lowest BCUT2D eigenvalue weighted by Crippen LogP contribution is -2.41. The number of hydrogen-bond acceptors (Lipinski definition) is 6. The van der Waals surface area contributed by atoms with Gasteiger partial charge in [-0.3, -0.25) is 4.52 Å². The molecule has 0 unspecified atom stereocenters. The molecule has 0 aromatic heterocycles. The van der Waals surface area contributed by atoms with Gasteiger partial charge >= 0.3 is 7.82 Å². The number of hydrogen-bond donors (Lipinski definition) is 3. The minimum Gasteiger partial charge on any atom is -0.486 e. The lowest BCUT2D eigenvalue weighted by atomic mass is 9.94. The summed E-state index contributed by atoms with van der Waals surface area (Å²) in [4.78, 5) is 17.8. The lowest BCUT2D eigenvalue weighted by Gasteiger charge is -2.29. The number of allylic oxidation sites excluding steroid dienone is 3. The van der Waals surface area contributed by atoms with Crippen molar-refractivity contribution >= 4 is 7.82 Å². The van der Waals surface area contributed by atoms with Gasteiger partial charge in [-0.1, -0.05) is 26.3 Å². The highest BCUT2D eigenvalue weighted by Gasteiger charge is 2.38. The number of ether oxygens (including phenoxy) is 3. The fraction of sp³-hybridized carbons (Fsp3) is 0.714. The zero-order valence-electron chi connectivity index (χ0n) is 18.0. The van der Waals surface area contributed by atoms with Crippen LogP contribution in [0.25, 0.3) is 0 Å². The third kappa shape index (κ3) is 8.17. The van der Waals surface area contributed by atoms with Gasteiger partial charge < -0.3 is 29.7 Å². The van der Waals surface area contributed by atoms with Crippen LogP contribution in [0, 0.1) is 5.92 Å². The SMILES string of the molecule is C=C(/C=C1/OC[C@@H](COCCCCC)O/C1=C/C)[C@H]1CC[C@](N)(COP(=O)(O)O)C1. The first-order chi connectivity index (χ1) is 14.2. The quantitative estimate of drug-likeness (QED) is 0.326. The molecular weight excluding hydrogens is 409 g/mol. The van der Waals surface area contributed by atoms with E-state index >= 15 is 0 Å². The van der Waals surface area contributed by atoms with E-state index in [-0.39, 0.29) is 18.6 Å². The fourth-order valence-corrected chi connectivity index (χ4v) is 4.13. The molecule has 0 spiro atoms. The minimum absolute atomic E-state index is 0.0872. The van der Waals surface area contributed by atoms with Crippen LogP contribution < -0.4 is 5.73 Å². The Morgan fingerprint density at radius 2 is 2.17 bits per heavy atom. The summed E-state index contributed by atoms with van der Waals surface area (Å²) in [6, 6.07) is 0. The third-order valence-corrected chi connectivity index (χ3v) is 5.89. The molecule has 0 amide bonds. The van der Waals surface area contributed by atoms with Crippen LogP contribution in [-0.2, 0) is 23.3 Å². The van der Waals surface area contributed by atoms with Crippen molar-refractivity contribution in [3.8, 4) is 0 Å². The molecule has 4 N–H and O–H groups in total. The molecule has 8 nitrogen and oxygen atoms in total. The molecule has 1 aliphatic carbocycles. The van der Waals surface area contributed by atoms with E-state index in [4.69, 9.17) is 29.7 Å². The predicted octanol–water partition coefficient (Wildman–Crippen LogP) is 3.56. The molecule has 1 aliphatic heterocycles. The molecule has 2 aliphatic rings. The molecule has 0 aromatic rings. The zero-order valence-corrected chi connectivity index (χ0v) is 18.9. The van der Waals surface area contributed by atoms with Crippen molar-refractivity contribution in [3.63, 3.8) is 0 Å². The molecule has 0 radical (unpaired) electrons. The molecule has 0 bridgehead atoms. The fourth-order valence-electron chi connectivity index (χ4n) is 3.70. The van der Waals surface area contributed by atoms with Crippen molar-refractivity contribution in [2.75, 3.05) is 26.4 Å². The van der Waals surface area contributed by atoms with Crippen LogP contribution in [0.15, 0.2) is 35.8 Å². The first kappa shape index (κ1) is 25.1. The molecule has 1 saturated heterocycles. The third-order valence-electron chi connectivity index (χ3n) is 5.42. The van der Waals surface area contributed by atoms with E-state index in [2.05, 4.69) is 18.0 Å². The Labute approximate surface area is 179 Å². The summed E-state index contributed by atoms with van der Waals surface area (Å²) in [6.45, 7) is 9.65. The molecule has 2 rings (SSSR count). The van der Waals surface area contributed by atoms with E-state index in [9.17, 15) is 4.57 Å². The molecular formula is C21H36NO7P. The van der Waals surface area contributed by atoms with Gasteiger partial charge in [0.2, 0.25) is 0 Å². The maximum atomic E-state index is 11.0. The van der Waals surface area contributed by atoms with E-state index in [1.807, 2.05) is 19.1 Å². The van der Waals surface area contributed by atoms with Crippen molar-refractivity contribution in [1.82, 2.24) is 0 Å². The van der Waals surface area contributed by atoms with Gasteiger partial charge in [-0.2, -0.15) is 0 Å². The van der Waals surface area contributed by atoms with Crippen molar-refractivity contribution in [1.29, 1.82) is 0 Å². The Hall–Kier alpha value is -1.15. The lowest BCUT2D eigenvalue weighted by molar-refractivity contribution is -0.0533. The summed E-state index contributed by atoms with van der Waals surface area (Å²) in [5.74, 6) is 1.38. The summed E-state index contributed by atoms with van der Waals surface area (Å²) in [5.41, 5.74) is 6.34. The topological polar surface area (TPSA) is 120 Å². The summed E-state index contributed by atoms with van der Waals surface area (Å²) < 4.78 is 33.2. The largest absolute Gasteiger partial charge is 0.486 e. The smallest absolute Gasteiger partial charge is 0.469 e. The highest BCUT2D eigenvalue weighted by atomic mass is 31.2. The zero-order chi connectivity index (χ0) is 22.2. The van der Waals surface area contributed by atoms with Crippen molar-refractivity contribution in [3.05, 3.63) is 35.8 Å². The summed E-state index contributed by atoms with van der Waals surface area (Å²) >= 11 is 0. The van der Waals surface area contributed by atoms with Crippen molar-refractivity contribution in [2.45, 2.75) is 64.0 Å². The average molecular weight is 445 g/mol. The molecule has 3 atom stereocenters. The van der Waals surface area contributed by atoms with Crippen LogP contribution in [-0.4, -0.2) is 47.9 Å². The molecule has 1 saturated carbocycles. The second kappa shape index (κ2) is 11.5. The van der Waals surface area contributed by atoms with E-state index in [0.717, 1.165) is 37.9 Å². The Kier molecular flexibility index (Phi) is 9.60. The Morgan fingerprint density at radius 3 is 2.83 bits per heavy atom. The Morgan fingerprint density at radius 1 is 1.40 bits per heavy atom. The maximum Gasteiger partial charge on any atom is 0.469 e. The van der Waals surface area contributed by atoms with Gasteiger partial charge in [-0.05, 0) is 56.3 Å². The Bertz CT molecular complexity index is 687. The minimum atomic E-state index is -4.53. The number of unbranched alkanes of at least 4 members (excludes halogenated alkanes) is 2. The monoisotopic (exact) mass is 445 g/mol. The highest BCUT2D eigenvalue weighted by Crippen LogP contribution is 2.42. The second-order valence-corrected chi connectivity index (χ2v) is 9.37. The van der Waals surface area contributed by atoms with Gasteiger partial charge in [0, 0.05) is 12.1 Å². The number of phosphoric acid groups is 1. The van der Waals surface area contributed by atoms with E-state index in [0.29, 0.717) is 37.6 Å². The Balaban J connectivity index is 1.86. The molecule has 9 heteroatoms. The number of nitrogens with two attached hydrogens (primary N) is 1. The van der Waals surface area contributed by atoms with Gasteiger partial charge in [0.15, 0.2) is 17.6 Å². The van der Waals surface area contributed by atoms with Crippen LogP contribution in [0.1, 0.15) is 52.4 Å². The van der Waals surface area contributed by atoms with Gasteiger partial charge in [0.05, 0.1) is 13.2 Å². The predicted molar refractivity (Wildman–Crippen MR) is 114 cm³/mol. The highest BCUT2D eigenvalue weighted by molar-refractivity contribution is 7.46. The summed E-state index contributed by atoms with van der Waals surface area (Å²) in [6.07, 6.45) is 8.87. The van der Waals surface area contributed by atoms with Gasteiger partial charge in [0.1, 0.15) is 6.61 Å². The second-order valence-electron chi connectivity index (χ2n) is 8.14. The average Bonchev–Trinajstić information content (AvgIpc) is 3.09. The van der Waals surface area contributed by atoms with Gasteiger partial charge in [-0.25, -0.2) is 4.57 Å². The maximum absolute atomic E-state index is 11.0. The summed E-state index contributed by atoms with van der Waals surface area (Å²) in [7, 11) is -4.53. The molecule has 1 heterocycles. The van der Waals surface area contributed by atoms with E-state index in [1.54, 1.807) is 0 Å². The van der Waals surface area contributed by atoms with Crippen molar-refractivity contribution in [2.24, 2.45) is 11.7 Å². The normalized spacial score (nSPS) is 29.8. The van der Waals surface area contributed by atoms with Crippen LogP contribution in [0.2, 0.25) is 0 Å². The van der Waals surface area contributed by atoms with Crippen LogP contribution >= 0.6 is 7.82 Å². The first-order valence-electron chi connectivity index (χ1n) is 10.6.